The molecular weight excluding hydrogens is 418 g/mol. The first kappa shape index (κ1) is 26.7. The normalized spacial score (nSPS) is 17.8. The van der Waals surface area contributed by atoms with Gasteiger partial charge in [0.05, 0.1) is 12.7 Å². The molecule has 0 aliphatic carbocycles. The Kier molecular flexibility index (Phi) is 8.92. The van der Waals surface area contributed by atoms with Crippen molar-refractivity contribution in [2.24, 2.45) is 5.41 Å². The fourth-order valence-corrected chi connectivity index (χ4v) is 3.47. The van der Waals surface area contributed by atoms with Crippen molar-refractivity contribution < 1.29 is 19.1 Å². The summed E-state index contributed by atoms with van der Waals surface area (Å²) in [6.07, 6.45) is 9.20. The van der Waals surface area contributed by atoms with Crippen molar-refractivity contribution in [3.63, 3.8) is 0 Å². The number of aromatic nitrogens is 1. The van der Waals surface area contributed by atoms with Gasteiger partial charge in [-0.2, -0.15) is 0 Å². The lowest BCUT2D eigenvalue weighted by atomic mass is 9.92. The van der Waals surface area contributed by atoms with Gasteiger partial charge in [0.25, 0.3) is 0 Å². The second kappa shape index (κ2) is 11.0. The summed E-state index contributed by atoms with van der Waals surface area (Å²) in [6, 6.07) is 1.95. The summed E-state index contributed by atoms with van der Waals surface area (Å²) in [5.74, 6) is 0.889. The van der Waals surface area contributed by atoms with Crippen LogP contribution < -0.4 is 4.74 Å². The number of hydrogen-bond donors (Lipinski definition) is 0. The van der Waals surface area contributed by atoms with Crippen molar-refractivity contribution in [3.8, 4) is 5.75 Å². The fraction of sp³-hybridized carbons (Fsp3) is 0.654. The van der Waals surface area contributed by atoms with Crippen LogP contribution in [-0.2, 0) is 9.53 Å². The number of amides is 2. The van der Waals surface area contributed by atoms with Gasteiger partial charge in [-0.1, -0.05) is 32.9 Å². The van der Waals surface area contributed by atoms with E-state index in [9.17, 15) is 9.59 Å². The Morgan fingerprint density at radius 1 is 1.24 bits per heavy atom. The lowest BCUT2D eigenvalue weighted by Gasteiger charge is -2.28. The van der Waals surface area contributed by atoms with Crippen molar-refractivity contribution in [2.75, 3.05) is 20.1 Å². The fourth-order valence-electron chi connectivity index (χ4n) is 3.47. The standard InChI is InChI=1S/C26H41N3O4/c1-19(28(8)24(31)33-26(5,6)7)10-9-11-20-14-22(17-27-16-20)32-21-12-13-29(18-21)23(30)15-25(2,3)4/h9,11,14,16-17,19,21H,10,12-13,15,18H2,1-8H3/t19-,21+/m0/s1. The van der Waals surface area contributed by atoms with Gasteiger partial charge in [-0.05, 0) is 51.2 Å². The molecule has 1 aromatic rings. The molecule has 2 atom stereocenters. The Morgan fingerprint density at radius 3 is 2.58 bits per heavy atom. The second-order valence-electron chi connectivity index (χ2n) is 11.1. The van der Waals surface area contributed by atoms with E-state index in [2.05, 4.69) is 25.8 Å². The van der Waals surface area contributed by atoms with Crippen LogP contribution in [0, 0.1) is 5.41 Å². The SMILES string of the molecule is C[C@@H](CC=Cc1cncc(O[C@@H]2CCN(C(=O)CC(C)(C)C)C2)c1)N(C)C(=O)OC(C)(C)C. The number of carbonyl (C=O) groups is 2. The van der Waals surface area contributed by atoms with Crippen molar-refractivity contribution in [2.45, 2.75) is 85.5 Å². The molecule has 7 nitrogen and oxygen atoms in total. The summed E-state index contributed by atoms with van der Waals surface area (Å²) in [7, 11) is 1.75. The number of likely N-dealkylation sites (tertiary alicyclic amines) is 1. The molecule has 0 aromatic carbocycles. The van der Waals surface area contributed by atoms with E-state index in [1.807, 2.05) is 50.8 Å². The summed E-state index contributed by atoms with van der Waals surface area (Å²) in [6.45, 7) is 15.1. The topological polar surface area (TPSA) is 72.0 Å². The van der Waals surface area contributed by atoms with Crippen LogP contribution in [0.5, 0.6) is 5.75 Å². The molecule has 1 aliphatic rings. The Bertz CT molecular complexity index is 839. The van der Waals surface area contributed by atoms with Gasteiger partial charge in [-0.25, -0.2) is 4.79 Å². The summed E-state index contributed by atoms with van der Waals surface area (Å²) >= 11 is 0. The minimum atomic E-state index is -0.511. The zero-order valence-electron chi connectivity index (χ0n) is 21.6. The van der Waals surface area contributed by atoms with E-state index >= 15 is 0 Å². The smallest absolute Gasteiger partial charge is 0.410 e. The zero-order chi connectivity index (χ0) is 24.8. The van der Waals surface area contributed by atoms with E-state index in [0.29, 0.717) is 25.1 Å². The quantitative estimate of drug-likeness (QED) is 0.563. The predicted octanol–water partition coefficient (Wildman–Crippen LogP) is 5.16. The van der Waals surface area contributed by atoms with E-state index in [0.717, 1.165) is 18.5 Å². The van der Waals surface area contributed by atoms with Gasteiger partial charge in [0, 0.05) is 38.7 Å². The van der Waals surface area contributed by atoms with Gasteiger partial charge in [0.1, 0.15) is 17.5 Å². The first-order chi connectivity index (χ1) is 15.2. The van der Waals surface area contributed by atoms with Crippen molar-refractivity contribution in [1.82, 2.24) is 14.8 Å². The van der Waals surface area contributed by atoms with E-state index in [4.69, 9.17) is 9.47 Å². The Balaban J connectivity index is 1.86. The van der Waals surface area contributed by atoms with Crippen LogP contribution in [0.1, 0.15) is 73.3 Å². The van der Waals surface area contributed by atoms with Crippen LogP contribution in [0.25, 0.3) is 6.08 Å². The van der Waals surface area contributed by atoms with Gasteiger partial charge in [0.15, 0.2) is 0 Å². The molecule has 2 rings (SSSR count). The highest BCUT2D eigenvalue weighted by atomic mass is 16.6. The summed E-state index contributed by atoms with van der Waals surface area (Å²) in [5, 5.41) is 0. The lowest BCUT2D eigenvalue weighted by molar-refractivity contribution is -0.132. The average molecular weight is 460 g/mol. The first-order valence-corrected chi connectivity index (χ1v) is 11.8. The number of pyridine rings is 1. The van der Waals surface area contributed by atoms with E-state index in [1.165, 1.54) is 0 Å². The summed E-state index contributed by atoms with van der Waals surface area (Å²) < 4.78 is 11.5. The maximum Gasteiger partial charge on any atom is 0.410 e. The third kappa shape index (κ3) is 9.44. The summed E-state index contributed by atoms with van der Waals surface area (Å²) in [4.78, 5) is 32.5. The predicted molar refractivity (Wildman–Crippen MR) is 131 cm³/mol. The molecule has 0 bridgehead atoms. The average Bonchev–Trinajstić information content (AvgIpc) is 3.13. The van der Waals surface area contributed by atoms with Crippen LogP contribution in [0.15, 0.2) is 24.5 Å². The van der Waals surface area contributed by atoms with Gasteiger partial charge >= 0.3 is 6.09 Å². The van der Waals surface area contributed by atoms with E-state index in [-0.39, 0.29) is 29.6 Å². The number of hydrogen-bond acceptors (Lipinski definition) is 5. The van der Waals surface area contributed by atoms with E-state index < -0.39 is 5.60 Å². The highest BCUT2D eigenvalue weighted by molar-refractivity contribution is 5.77. The highest BCUT2D eigenvalue weighted by Crippen LogP contribution is 2.24. The maximum absolute atomic E-state index is 12.5. The van der Waals surface area contributed by atoms with E-state index in [1.54, 1.807) is 24.3 Å². The molecule has 2 heterocycles. The molecule has 184 valence electrons. The van der Waals surface area contributed by atoms with Gasteiger partial charge in [-0.3, -0.25) is 9.78 Å². The maximum atomic E-state index is 12.5. The molecule has 1 aromatic heterocycles. The second-order valence-corrected chi connectivity index (χ2v) is 11.1. The number of rotatable bonds is 7. The Labute approximate surface area is 199 Å². The van der Waals surface area contributed by atoms with Crippen LogP contribution >= 0.6 is 0 Å². The minimum absolute atomic E-state index is 0.00130. The molecule has 1 aliphatic heterocycles. The zero-order valence-corrected chi connectivity index (χ0v) is 21.6. The van der Waals surface area contributed by atoms with Gasteiger partial charge in [-0.15, -0.1) is 0 Å². The largest absolute Gasteiger partial charge is 0.487 e. The van der Waals surface area contributed by atoms with Crippen molar-refractivity contribution >= 4 is 18.1 Å². The molecule has 0 radical (unpaired) electrons. The van der Waals surface area contributed by atoms with Gasteiger partial charge in [0.2, 0.25) is 5.91 Å². The number of carbonyl (C=O) groups excluding carboxylic acids is 2. The monoisotopic (exact) mass is 459 g/mol. The van der Waals surface area contributed by atoms with Crippen LogP contribution in [-0.4, -0.2) is 64.7 Å². The van der Waals surface area contributed by atoms with Crippen molar-refractivity contribution in [3.05, 3.63) is 30.1 Å². The van der Waals surface area contributed by atoms with Crippen molar-refractivity contribution in [1.29, 1.82) is 0 Å². The Hall–Kier alpha value is -2.57. The minimum Gasteiger partial charge on any atom is -0.487 e. The molecule has 0 unspecified atom stereocenters. The third-order valence-electron chi connectivity index (χ3n) is 5.35. The number of ether oxygens (including phenoxy) is 2. The lowest BCUT2D eigenvalue weighted by Crippen LogP contribution is -2.39. The van der Waals surface area contributed by atoms with Crippen LogP contribution in [0.2, 0.25) is 0 Å². The number of nitrogens with zero attached hydrogens (tertiary/aromatic N) is 3. The Morgan fingerprint density at radius 2 is 1.94 bits per heavy atom. The molecule has 0 spiro atoms. The molecule has 1 fully saturated rings. The molecule has 0 N–H and O–H groups in total. The molecule has 1 saturated heterocycles. The molecular formula is C26H41N3O4. The molecule has 7 heteroatoms. The summed E-state index contributed by atoms with van der Waals surface area (Å²) in [5.41, 5.74) is 0.404. The molecule has 33 heavy (non-hydrogen) atoms. The first-order valence-electron chi connectivity index (χ1n) is 11.8. The van der Waals surface area contributed by atoms with Gasteiger partial charge < -0.3 is 19.3 Å². The van der Waals surface area contributed by atoms with Crippen LogP contribution in [0.3, 0.4) is 0 Å². The highest BCUT2D eigenvalue weighted by Gasteiger charge is 2.29. The molecule has 2 amide bonds. The van der Waals surface area contributed by atoms with Crippen LogP contribution in [0.4, 0.5) is 4.79 Å². The molecule has 0 saturated carbocycles. The third-order valence-corrected chi connectivity index (χ3v) is 5.35.